The molecule has 1 atom stereocenters. The Kier molecular flexibility index (Phi) is 6.07. The van der Waals surface area contributed by atoms with Crippen molar-refractivity contribution in [3.8, 4) is 0 Å². The normalized spacial score (nSPS) is 20.4. The van der Waals surface area contributed by atoms with Gasteiger partial charge >= 0.3 is 6.03 Å². The van der Waals surface area contributed by atoms with Gasteiger partial charge in [0.25, 0.3) is 0 Å². The van der Waals surface area contributed by atoms with E-state index in [0.29, 0.717) is 5.92 Å². The third-order valence-corrected chi connectivity index (χ3v) is 5.72. The largest absolute Gasteiger partial charge is 0.371 e. The second-order valence-corrected chi connectivity index (χ2v) is 7.71. The van der Waals surface area contributed by atoms with Crippen molar-refractivity contribution in [3.05, 3.63) is 60.4 Å². The van der Waals surface area contributed by atoms with Crippen LogP contribution < -0.4 is 10.2 Å². The molecule has 2 fully saturated rings. The summed E-state index contributed by atoms with van der Waals surface area (Å²) in [5.74, 6) is 0.523. The van der Waals surface area contributed by atoms with E-state index in [1.165, 1.54) is 5.69 Å². The molecular formula is C22H29N5O. The quantitative estimate of drug-likeness (QED) is 0.867. The average molecular weight is 380 g/mol. The predicted molar refractivity (Wildman–Crippen MR) is 111 cm³/mol. The maximum Gasteiger partial charge on any atom is 0.317 e. The molecule has 2 amide bonds. The van der Waals surface area contributed by atoms with Crippen LogP contribution in [0.2, 0.25) is 0 Å². The van der Waals surface area contributed by atoms with E-state index in [2.05, 4.69) is 50.4 Å². The number of aromatic nitrogens is 1. The molecule has 3 heterocycles. The summed E-state index contributed by atoms with van der Waals surface area (Å²) in [6.45, 7) is 7.05. The number of carbonyl (C=O) groups excluding carboxylic acids is 1. The van der Waals surface area contributed by atoms with Crippen LogP contribution in [0, 0.1) is 5.92 Å². The summed E-state index contributed by atoms with van der Waals surface area (Å²) in [7, 11) is 0. The summed E-state index contributed by atoms with van der Waals surface area (Å²) in [6, 6.07) is 16.6. The number of pyridine rings is 1. The summed E-state index contributed by atoms with van der Waals surface area (Å²) >= 11 is 0. The number of nitrogens with one attached hydrogen (secondary N) is 1. The summed E-state index contributed by atoms with van der Waals surface area (Å²) < 4.78 is 0. The fraction of sp³-hybridized carbons (Fsp3) is 0.455. The molecular weight excluding hydrogens is 350 g/mol. The third kappa shape index (κ3) is 4.81. The minimum atomic E-state index is 0.0793. The van der Waals surface area contributed by atoms with Crippen LogP contribution in [0.25, 0.3) is 0 Å². The topological polar surface area (TPSA) is 51.7 Å². The van der Waals surface area contributed by atoms with E-state index in [0.717, 1.165) is 64.5 Å². The van der Waals surface area contributed by atoms with E-state index in [1.807, 2.05) is 29.3 Å². The van der Waals surface area contributed by atoms with Crippen molar-refractivity contribution in [2.75, 3.05) is 50.7 Å². The van der Waals surface area contributed by atoms with Gasteiger partial charge in [0.15, 0.2) is 0 Å². The van der Waals surface area contributed by atoms with E-state index in [1.54, 1.807) is 0 Å². The summed E-state index contributed by atoms with van der Waals surface area (Å²) in [5.41, 5.74) is 2.37. The van der Waals surface area contributed by atoms with Crippen LogP contribution in [0.3, 0.4) is 0 Å². The number of rotatable bonds is 5. The van der Waals surface area contributed by atoms with Crippen molar-refractivity contribution in [1.82, 2.24) is 20.1 Å². The Balaban J connectivity index is 1.17. The molecule has 148 valence electrons. The number of nitrogens with zero attached hydrogens (tertiary/aromatic N) is 4. The highest BCUT2D eigenvalue weighted by atomic mass is 16.2. The molecule has 0 bridgehead atoms. The molecule has 6 nitrogen and oxygen atoms in total. The maximum atomic E-state index is 12.5. The van der Waals surface area contributed by atoms with E-state index < -0.39 is 0 Å². The molecule has 1 aromatic heterocycles. The molecule has 2 aromatic rings. The van der Waals surface area contributed by atoms with Crippen LogP contribution in [0.15, 0.2) is 54.7 Å². The number of hydrogen-bond donors (Lipinski definition) is 1. The van der Waals surface area contributed by atoms with Crippen LogP contribution in [0.5, 0.6) is 0 Å². The molecule has 2 saturated heterocycles. The molecule has 28 heavy (non-hydrogen) atoms. The Morgan fingerprint density at radius 1 is 1.00 bits per heavy atom. The van der Waals surface area contributed by atoms with Crippen LogP contribution in [-0.2, 0) is 6.54 Å². The zero-order valence-electron chi connectivity index (χ0n) is 16.3. The van der Waals surface area contributed by atoms with E-state index in [9.17, 15) is 4.79 Å². The number of hydrogen-bond acceptors (Lipinski definition) is 4. The SMILES string of the molecule is O=C(NCC1CCN(c2ccccc2)C1)N1CCN(Cc2ccccn2)CC1. The smallest absolute Gasteiger partial charge is 0.317 e. The van der Waals surface area contributed by atoms with Crippen LogP contribution in [-0.4, -0.2) is 66.6 Å². The summed E-state index contributed by atoms with van der Waals surface area (Å²) in [4.78, 5) is 23.6. The third-order valence-electron chi connectivity index (χ3n) is 5.72. The molecule has 0 aliphatic carbocycles. The van der Waals surface area contributed by atoms with E-state index in [-0.39, 0.29) is 6.03 Å². The zero-order valence-corrected chi connectivity index (χ0v) is 16.3. The number of anilines is 1. The second kappa shape index (κ2) is 9.06. The number of carbonyl (C=O) groups is 1. The number of urea groups is 1. The Morgan fingerprint density at radius 2 is 1.79 bits per heavy atom. The van der Waals surface area contributed by atoms with Crippen LogP contribution in [0.4, 0.5) is 10.5 Å². The highest BCUT2D eigenvalue weighted by Crippen LogP contribution is 2.23. The second-order valence-electron chi connectivity index (χ2n) is 7.71. The van der Waals surface area contributed by atoms with E-state index >= 15 is 0 Å². The zero-order chi connectivity index (χ0) is 19.2. The Morgan fingerprint density at radius 3 is 2.54 bits per heavy atom. The molecule has 1 N–H and O–H groups in total. The number of benzene rings is 1. The van der Waals surface area contributed by atoms with Crippen molar-refractivity contribution in [2.45, 2.75) is 13.0 Å². The van der Waals surface area contributed by atoms with Crippen molar-refractivity contribution >= 4 is 11.7 Å². The number of piperazine rings is 1. The average Bonchev–Trinajstić information content (AvgIpc) is 3.23. The van der Waals surface area contributed by atoms with Crippen molar-refractivity contribution in [2.24, 2.45) is 5.92 Å². The number of para-hydroxylation sites is 1. The Bertz CT molecular complexity index is 746. The van der Waals surface area contributed by atoms with Gasteiger partial charge in [-0.05, 0) is 36.6 Å². The van der Waals surface area contributed by atoms with Gasteiger partial charge in [-0.1, -0.05) is 24.3 Å². The van der Waals surface area contributed by atoms with Crippen LogP contribution >= 0.6 is 0 Å². The van der Waals surface area contributed by atoms with Gasteiger partial charge in [-0.15, -0.1) is 0 Å². The first-order valence-corrected chi connectivity index (χ1v) is 10.2. The van der Waals surface area contributed by atoms with Crippen LogP contribution in [0.1, 0.15) is 12.1 Å². The molecule has 6 heteroatoms. The lowest BCUT2D eigenvalue weighted by molar-refractivity contribution is 0.134. The first kappa shape index (κ1) is 18.7. The summed E-state index contributed by atoms with van der Waals surface area (Å²) in [6.07, 6.45) is 2.97. The lowest BCUT2D eigenvalue weighted by Gasteiger charge is -2.34. The predicted octanol–water partition coefficient (Wildman–Crippen LogP) is 2.44. The summed E-state index contributed by atoms with van der Waals surface area (Å²) in [5, 5.41) is 3.16. The fourth-order valence-electron chi connectivity index (χ4n) is 4.05. The van der Waals surface area contributed by atoms with Crippen molar-refractivity contribution < 1.29 is 4.79 Å². The Labute approximate surface area is 167 Å². The molecule has 0 spiro atoms. The molecule has 0 saturated carbocycles. The van der Waals surface area contributed by atoms with Gasteiger partial charge in [0.05, 0.1) is 5.69 Å². The molecule has 1 unspecified atom stereocenters. The maximum absolute atomic E-state index is 12.5. The fourth-order valence-corrected chi connectivity index (χ4v) is 4.05. The molecule has 2 aliphatic rings. The minimum absolute atomic E-state index is 0.0793. The standard InChI is InChI=1S/C22H29N5O/c28-22(24-16-19-9-11-27(17-19)21-7-2-1-3-8-21)26-14-12-25(13-15-26)18-20-6-4-5-10-23-20/h1-8,10,19H,9,11-18H2,(H,24,28). The molecule has 4 rings (SSSR count). The molecule has 2 aliphatic heterocycles. The van der Waals surface area contributed by atoms with Gasteiger partial charge in [0.2, 0.25) is 0 Å². The first-order valence-electron chi connectivity index (χ1n) is 10.2. The van der Waals surface area contributed by atoms with E-state index in [4.69, 9.17) is 0 Å². The number of amides is 2. The monoisotopic (exact) mass is 379 g/mol. The van der Waals surface area contributed by atoms with Gasteiger partial charge in [0, 0.05) is 64.2 Å². The van der Waals surface area contributed by atoms with Crippen molar-refractivity contribution in [3.63, 3.8) is 0 Å². The lowest BCUT2D eigenvalue weighted by atomic mass is 10.1. The van der Waals surface area contributed by atoms with Gasteiger partial charge in [-0.3, -0.25) is 9.88 Å². The lowest BCUT2D eigenvalue weighted by Crippen LogP contribution is -2.52. The minimum Gasteiger partial charge on any atom is -0.371 e. The first-order chi connectivity index (χ1) is 13.8. The Hall–Kier alpha value is -2.60. The van der Waals surface area contributed by atoms with Crippen molar-refractivity contribution in [1.29, 1.82) is 0 Å². The van der Waals surface area contributed by atoms with Gasteiger partial charge in [0.1, 0.15) is 0 Å². The van der Waals surface area contributed by atoms with Gasteiger partial charge in [-0.25, -0.2) is 4.79 Å². The highest BCUT2D eigenvalue weighted by Gasteiger charge is 2.25. The van der Waals surface area contributed by atoms with Gasteiger partial charge in [-0.2, -0.15) is 0 Å². The molecule has 0 radical (unpaired) electrons. The highest BCUT2D eigenvalue weighted by molar-refractivity contribution is 5.74. The van der Waals surface area contributed by atoms with Gasteiger partial charge < -0.3 is 15.1 Å². The molecule has 1 aromatic carbocycles.